The SMILES string of the molecule is Cc1cc2c(NCC3(CCO)CC3)nccc2o1. The van der Waals surface area contributed by atoms with Gasteiger partial charge in [0.15, 0.2) is 0 Å². The van der Waals surface area contributed by atoms with Crippen molar-refractivity contribution in [2.45, 2.75) is 26.2 Å². The molecule has 4 nitrogen and oxygen atoms in total. The van der Waals surface area contributed by atoms with Crippen LogP contribution in [0, 0.1) is 12.3 Å². The van der Waals surface area contributed by atoms with E-state index in [9.17, 15) is 0 Å². The summed E-state index contributed by atoms with van der Waals surface area (Å²) in [5.41, 5.74) is 1.16. The fourth-order valence-electron chi connectivity index (χ4n) is 2.43. The van der Waals surface area contributed by atoms with Crippen molar-refractivity contribution in [1.82, 2.24) is 4.98 Å². The second-order valence-corrected chi connectivity index (χ2v) is 5.26. The molecule has 0 spiro atoms. The van der Waals surface area contributed by atoms with Crippen LogP contribution in [0.5, 0.6) is 0 Å². The molecule has 0 radical (unpaired) electrons. The Kier molecular flexibility index (Phi) is 2.74. The molecule has 0 bridgehead atoms. The topological polar surface area (TPSA) is 58.3 Å². The fraction of sp³-hybridized carbons (Fsp3) is 0.500. The number of aliphatic hydroxyl groups is 1. The van der Waals surface area contributed by atoms with E-state index in [0.29, 0.717) is 0 Å². The molecule has 96 valence electrons. The third-order valence-electron chi connectivity index (χ3n) is 3.80. The van der Waals surface area contributed by atoms with Crippen molar-refractivity contribution < 1.29 is 9.52 Å². The molecule has 4 heteroatoms. The normalized spacial score (nSPS) is 17.0. The molecule has 2 aromatic rings. The summed E-state index contributed by atoms with van der Waals surface area (Å²) in [4.78, 5) is 4.38. The molecule has 0 aromatic carbocycles. The van der Waals surface area contributed by atoms with E-state index in [4.69, 9.17) is 9.52 Å². The lowest BCUT2D eigenvalue weighted by Gasteiger charge is -2.15. The zero-order valence-corrected chi connectivity index (χ0v) is 10.6. The molecular formula is C14H18N2O2. The van der Waals surface area contributed by atoms with Crippen molar-refractivity contribution in [3.05, 3.63) is 24.1 Å². The average molecular weight is 246 g/mol. The fourth-order valence-corrected chi connectivity index (χ4v) is 2.43. The van der Waals surface area contributed by atoms with Crippen molar-refractivity contribution >= 4 is 16.8 Å². The minimum absolute atomic E-state index is 0.268. The summed E-state index contributed by atoms with van der Waals surface area (Å²) < 4.78 is 5.58. The van der Waals surface area contributed by atoms with E-state index in [-0.39, 0.29) is 12.0 Å². The molecule has 0 unspecified atom stereocenters. The van der Waals surface area contributed by atoms with Crippen LogP contribution in [-0.4, -0.2) is 23.2 Å². The van der Waals surface area contributed by atoms with Gasteiger partial charge in [-0.2, -0.15) is 0 Å². The lowest BCUT2D eigenvalue weighted by atomic mass is 10.0. The highest BCUT2D eigenvalue weighted by Crippen LogP contribution is 2.48. The number of aryl methyl sites for hydroxylation is 1. The molecule has 0 atom stereocenters. The van der Waals surface area contributed by atoms with Crippen LogP contribution in [0.3, 0.4) is 0 Å². The maximum atomic E-state index is 9.06. The molecule has 18 heavy (non-hydrogen) atoms. The minimum Gasteiger partial charge on any atom is -0.461 e. The van der Waals surface area contributed by atoms with E-state index >= 15 is 0 Å². The minimum atomic E-state index is 0.268. The first-order valence-electron chi connectivity index (χ1n) is 6.42. The van der Waals surface area contributed by atoms with Gasteiger partial charge < -0.3 is 14.8 Å². The summed E-state index contributed by atoms with van der Waals surface area (Å²) in [7, 11) is 0. The Balaban J connectivity index is 1.78. The lowest BCUT2D eigenvalue weighted by molar-refractivity contribution is 0.253. The first-order valence-corrected chi connectivity index (χ1v) is 6.42. The van der Waals surface area contributed by atoms with Crippen molar-refractivity contribution in [3.8, 4) is 0 Å². The second kappa shape index (κ2) is 4.28. The highest BCUT2D eigenvalue weighted by atomic mass is 16.3. The Morgan fingerprint density at radius 3 is 3.06 bits per heavy atom. The summed E-state index contributed by atoms with van der Waals surface area (Å²) in [6.07, 6.45) is 5.03. The average Bonchev–Trinajstić information content (AvgIpc) is 3.00. The van der Waals surface area contributed by atoms with Gasteiger partial charge in [0.1, 0.15) is 17.2 Å². The molecule has 0 saturated heterocycles. The van der Waals surface area contributed by atoms with E-state index in [1.807, 2.05) is 19.1 Å². The highest BCUT2D eigenvalue weighted by molar-refractivity contribution is 5.88. The van der Waals surface area contributed by atoms with Gasteiger partial charge in [0.25, 0.3) is 0 Å². The molecular weight excluding hydrogens is 228 g/mol. The maximum absolute atomic E-state index is 9.06. The molecule has 2 N–H and O–H groups in total. The molecule has 1 aliphatic rings. The quantitative estimate of drug-likeness (QED) is 0.851. The number of aromatic nitrogens is 1. The largest absolute Gasteiger partial charge is 0.461 e. The van der Waals surface area contributed by atoms with Gasteiger partial charge in [-0.3, -0.25) is 0 Å². The smallest absolute Gasteiger partial charge is 0.139 e. The van der Waals surface area contributed by atoms with Crippen molar-refractivity contribution in [2.24, 2.45) is 5.41 Å². The number of aliphatic hydroxyl groups excluding tert-OH is 1. The molecule has 0 aliphatic heterocycles. The van der Waals surface area contributed by atoms with E-state index in [2.05, 4.69) is 10.3 Å². The standard InChI is InChI=1S/C14H18N2O2/c1-10-8-11-12(18-10)2-6-15-13(11)16-9-14(3-4-14)5-7-17/h2,6,8,17H,3-5,7,9H2,1H3,(H,15,16). The number of fused-ring (bicyclic) bond motifs is 1. The van der Waals surface area contributed by atoms with Crippen LogP contribution < -0.4 is 5.32 Å². The predicted octanol–water partition coefficient (Wildman–Crippen LogP) is 2.71. The molecule has 0 amide bonds. The predicted molar refractivity (Wildman–Crippen MR) is 70.6 cm³/mol. The molecule has 2 heterocycles. The Morgan fingerprint density at radius 1 is 1.50 bits per heavy atom. The zero-order valence-electron chi connectivity index (χ0n) is 10.6. The number of anilines is 1. The zero-order chi connectivity index (χ0) is 12.6. The molecule has 1 fully saturated rings. The Hall–Kier alpha value is -1.55. The van der Waals surface area contributed by atoms with Crippen molar-refractivity contribution in [2.75, 3.05) is 18.5 Å². The Morgan fingerprint density at radius 2 is 2.33 bits per heavy atom. The van der Waals surface area contributed by atoms with Crippen LogP contribution in [0.1, 0.15) is 25.0 Å². The Labute approximate surface area is 106 Å². The summed E-state index contributed by atoms with van der Waals surface area (Å²) in [5, 5.41) is 13.5. The van der Waals surface area contributed by atoms with Gasteiger partial charge in [-0.1, -0.05) is 0 Å². The van der Waals surface area contributed by atoms with Crippen LogP contribution in [0.25, 0.3) is 11.0 Å². The number of hydrogen-bond acceptors (Lipinski definition) is 4. The third-order valence-corrected chi connectivity index (χ3v) is 3.80. The highest BCUT2D eigenvalue weighted by Gasteiger charge is 2.41. The molecule has 1 saturated carbocycles. The second-order valence-electron chi connectivity index (χ2n) is 5.26. The molecule has 3 rings (SSSR count). The van der Waals surface area contributed by atoms with Gasteiger partial charge in [-0.25, -0.2) is 4.98 Å². The van der Waals surface area contributed by atoms with Gasteiger partial charge >= 0.3 is 0 Å². The number of nitrogens with zero attached hydrogens (tertiary/aromatic N) is 1. The van der Waals surface area contributed by atoms with Crippen LogP contribution in [-0.2, 0) is 0 Å². The summed E-state index contributed by atoms with van der Waals surface area (Å²) in [5.74, 6) is 1.78. The van der Waals surface area contributed by atoms with Crippen LogP contribution in [0.15, 0.2) is 22.7 Å². The van der Waals surface area contributed by atoms with Crippen LogP contribution in [0.2, 0.25) is 0 Å². The van der Waals surface area contributed by atoms with Crippen LogP contribution in [0.4, 0.5) is 5.82 Å². The summed E-state index contributed by atoms with van der Waals surface area (Å²) >= 11 is 0. The first kappa shape index (κ1) is 11.5. The number of nitrogens with one attached hydrogen (secondary N) is 1. The van der Waals surface area contributed by atoms with E-state index in [0.717, 1.165) is 35.5 Å². The van der Waals surface area contributed by atoms with Gasteiger partial charge in [0.2, 0.25) is 0 Å². The van der Waals surface area contributed by atoms with Crippen molar-refractivity contribution in [3.63, 3.8) is 0 Å². The van der Waals surface area contributed by atoms with E-state index in [1.54, 1.807) is 6.20 Å². The summed E-state index contributed by atoms with van der Waals surface area (Å²) in [6, 6.07) is 3.89. The number of pyridine rings is 1. The maximum Gasteiger partial charge on any atom is 0.139 e. The molecule has 2 aromatic heterocycles. The first-order chi connectivity index (χ1) is 8.72. The van der Waals surface area contributed by atoms with Gasteiger partial charge in [0, 0.05) is 19.3 Å². The van der Waals surface area contributed by atoms with E-state index in [1.165, 1.54) is 12.8 Å². The lowest BCUT2D eigenvalue weighted by Crippen LogP contribution is -2.17. The number of rotatable bonds is 5. The number of furan rings is 1. The number of hydrogen-bond donors (Lipinski definition) is 2. The van der Waals surface area contributed by atoms with Gasteiger partial charge in [0.05, 0.1) is 5.39 Å². The third kappa shape index (κ3) is 2.08. The molecule has 1 aliphatic carbocycles. The van der Waals surface area contributed by atoms with Crippen molar-refractivity contribution in [1.29, 1.82) is 0 Å². The summed E-state index contributed by atoms with van der Waals surface area (Å²) in [6.45, 7) is 3.09. The van der Waals surface area contributed by atoms with Gasteiger partial charge in [-0.15, -0.1) is 0 Å². The van der Waals surface area contributed by atoms with E-state index < -0.39 is 0 Å². The van der Waals surface area contributed by atoms with Crippen LogP contribution >= 0.6 is 0 Å². The van der Waals surface area contributed by atoms with Gasteiger partial charge in [-0.05, 0) is 43.7 Å². The monoisotopic (exact) mass is 246 g/mol. The Bertz CT molecular complexity index is 558.